The van der Waals surface area contributed by atoms with Crippen molar-refractivity contribution in [1.29, 1.82) is 0 Å². The summed E-state index contributed by atoms with van der Waals surface area (Å²) in [5.74, 6) is -0.743. The van der Waals surface area contributed by atoms with E-state index in [1.807, 2.05) is 31.8 Å². The highest BCUT2D eigenvalue weighted by atomic mass is 35.5. The summed E-state index contributed by atoms with van der Waals surface area (Å²) in [6.45, 7) is 9.42. The SMILES string of the molecule is CC(=O)c1ccc(C)c(N(CCNC(C)C)C(=O)CNCC(=O)N(C)N2Cc3ccc(F)cc3C2)c1.Cl.Cl. The molecule has 1 aliphatic heterocycles. The van der Waals surface area contributed by atoms with Gasteiger partial charge in [0.05, 0.1) is 13.1 Å². The van der Waals surface area contributed by atoms with Gasteiger partial charge >= 0.3 is 0 Å². The molecule has 0 saturated heterocycles. The van der Waals surface area contributed by atoms with Gasteiger partial charge in [-0.15, -0.1) is 24.8 Å². The van der Waals surface area contributed by atoms with Crippen LogP contribution < -0.4 is 15.5 Å². The van der Waals surface area contributed by atoms with Crippen molar-refractivity contribution in [1.82, 2.24) is 20.7 Å². The summed E-state index contributed by atoms with van der Waals surface area (Å²) >= 11 is 0. The second-order valence-corrected chi connectivity index (χ2v) is 9.47. The Morgan fingerprint density at radius 3 is 2.32 bits per heavy atom. The molecule has 3 rings (SSSR count). The molecule has 2 aromatic carbocycles. The van der Waals surface area contributed by atoms with Gasteiger partial charge in [-0.2, -0.15) is 0 Å². The molecule has 0 bridgehead atoms. The fraction of sp³-hybridized carbons (Fsp3) is 0.444. The molecule has 0 saturated carbocycles. The van der Waals surface area contributed by atoms with Crippen LogP contribution in [0.15, 0.2) is 36.4 Å². The van der Waals surface area contributed by atoms with Crippen molar-refractivity contribution in [2.75, 3.05) is 38.1 Å². The van der Waals surface area contributed by atoms with Gasteiger partial charge in [0.2, 0.25) is 5.91 Å². The average molecular weight is 571 g/mol. The number of likely N-dealkylation sites (N-methyl/N-ethyl adjacent to an activating group) is 1. The van der Waals surface area contributed by atoms with Crippen LogP contribution in [-0.2, 0) is 22.7 Å². The summed E-state index contributed by atoms with van der Waals surface area (Å²) in [7, 11) is 1.68. The lowest BCUT2D eigenvalue weighted by Gasteiger charge is -2.28. The summed E-state index contributed by atoms with van der Waals surface area (Å²) in [6, 6.07) is 10.3. The third-order valence-electron chi connectivity index (χ3n) is 6.31. The molecule has 2 amide bonds. The largest absolute Gasteiger partial charge is 0.313 e. The van der Waals surface area contributed by atoms with Crippen LogP contribution >= 0.6 is 24.8 Å². The Morgan fingerprint density at radius 2 is 1.66 bits per heavy atom. The number of anilines is 1. The summed E-state index contributed by atoms with van der Waals surface area (Å²) < 4.78 is 13.5. The van der Waals surface area contributed by atoms with Crippen molar-refractivity contribution < 1.29 is 18.8 Å². The van der Waals surface area contributed by atoms with E-state index in [0.29, 0.717) is 37.4 Å². The smallest absolute Gasteiger partial charge is 0.250 e. The number of ketones is 1. The van der Waals surface area contributed by atoms with Crippen molar-refractivity contribution in [2.24, 2.45) is 0 Å². The van der Waals surface area contributed by atoms with E-state index in [2.05, 4.69) is 10.6 Å². The molecule has 0 aliphatic carbocycles. The van der Waals surface area contributed by atoms with Gasteiger partial charge in [0.15, 0.2) is 5.78 Å². The number of carbonyl (C=O) groups is 3. The molecule has 0 aromatic heterocycles. The van der Waals surface area contributed by atoms with E-state index < -0.39 is 0 Å². The minimum absolute atomic E-state index is 0. The van der Waals surface area contributed by atoms with Crippen LogP contribution in [0, 0.1) is 12.7 Å². The van der Waals surface area contributed by atoms with Crippen molar-refractivity contribution in [3.8, 4) is 0 Å². The summed E-state index contributed by atoms with van der Waals surface area (Å²) in [6.07, 6.45) is 0. The number of hydrogen-bond donors (Lipinski definition) is 2. The molecule has 2 aromatic rings. The number of hydrogen-bond acceptors (Lipinski definition) is 6. The Hall–Kier alpha value is -2.56. The van der Waals surface area contributed by atoms with Crippen molar-refractivity contribution in [2.45, 2.75) is 46.8 Å². The van der Waals surface area contributed by atoms with Gasteiger partial charge in [-0.3, -0.25) is 24.7 Å². The predicted octanol–water partition coefficient (Wildman–Crippen LogP) is 3.49. The van der Waals surface area contributed by atoms with Crippen LogP contribution in [-0.4, -0.2) is 66.9 Å². The van der Waals surface area contributed by atoms with E-state index in [0.717, 1.165) is 16.7 Å². The van der Waals surface area contributed by atoms with Gasteiger partial charge in [0.1, 0.15) is 5.82 Å². The molecular weight excluding hydrogens is 532 g/mol. The number of aryl methyl sites for hydroxylation is 1. The van der Waals surface area contributed by atoms with Crippen molar-refractivity contribution in [3.05, 3.63) is 64.5 Å². The van der Waals surface area contributed by atoms with Crippen molar-refractivity contribution in [3.63, 3.8) is 0 Å². The van der Waals surface area contributed by atoms with Crippen molar-refractivity contribution >= 4 is 48.1 Å². The molecule has 38 heavy (non-hydrogen) atoms. The van der Waals surface area contributed by atoms with Gasteiger partial charge in [0.25, 0.3) is 5.91 Å². The predicted molar refractivity (Wildman–Crippen MR) is 152 cm³/mol. The summed E-state index contributed by atoms with van der Waals surface area (Å²) in [5.41, 5.74) is 3.98. The van der Waals surface area contributed by atoms with Crippen LogP contribution in [0.2, 0.25) is 0 Å². The number of carbonyl (C=O) groups excluding carboxylic acids is 3. The molecule has 0 fully saturated rings. The van der Waals surface area contributed by atoms with Crippen LogP contribution in [0.1, 0.15) is 47.8 Å². The summed E-state index contributed by atoms with van der Waals surface area (Å²) in [5, 5.41) is 9.65. The number of benzene rings is 2. The van der Waals surface area contributed by atoms with E-state index in [9.17, 15) is 18.8 Å². The highest BCUT2D eigenvalue weighted by molar-refractivity contribution is 5.99. The maximum absolute atomic E-state index is 13.5. The molecule has 1 aliphatic rings. The minimum Gasteiger partial charge on any atom is -0.313 e. The first-order valence-electron chi connectivity index (χ1n) is 12.2. The molecule has 0 unspecified atom stereocenters. The highest BCUT2D eigenvalue weighted by Crippen LogP contribution is 2.25. The van der Waals surface area contributed by atoms with Gasteiger partial charge in [-0.25, -0.2) is 9.40 Å². The molecule has 0 atom stereocenters. The Balaban J connectivity index is 0.00000361. The number of Topliss-reactive ketones (excluding diaryl/α,β-unsaturated/α-hetero) is 1. The lowest BCUT2D eigenvalue weighted by Crippen LogP contribution is -2.47. The Labute approximate surface area is 236 Å². The maximum atomic E-state index is 13.5. The third-order valence-corrected chi connectivity index (χ3v) is 6.31. The molecule has 8 nitrogen and oxygen atoms in total. The van der Waals surface area contributed by atoms with E-state index in [4.69, 9.17) is 0 Å². The molecule has 0 spiro atoms. The number of rotatable bonds is 11. The third kappa shape index (κ3) is 8.74. The fourth-order valence-electron chi connectivity index (χ4n) is 4.16. The Morgan fingerprint density at radius 1 is 1.00 bits per heavy atom. The molecular formula is C27H38Cl2FN5O3. The lowest BCUT2D eigenvalue weighted by atomic mass is 10.1. The van der Waals surface area contributed by atoms with E-state index in [1.165, 1.54) is 24.1 Å². The van der Waals surface area contributed by atoms with Crippen LogP contribution in [0.5, 0.6) is 0 Å². The lowest BCUT2D eigenvalue weighted by molar-refractivity contribution is -0.145. The zero-order valence-corrected chi connectivity index (χ0v) is 24.2. The number of hydrazine groups is 1. The standard InChI is InChI=1S/C27H36FN5O3.2ClH/c1-18(2)30-10-11-33(25-13-21(20(4)34)7-6-19(25)3)27(36)15-29-14-26(35)31(5)32-16-22-8-9-24(28)12-23(22)17-32;;/h6-9,12-13,18,29-30H,10-11,14-17H2,1-5H3;2*1H. The quantitative estimate of drug-likeness (QED) is 0.403. The molecule has 2 N–H and O–H groups in total. The highest BCUT2D eigenvalue weighted by Gasteiger charge is 2.26. The second-order valence-electron chi connectivity index (χ2n) is 9.47. The van der Waals surface area contributed by atoms with E-state index in [-0.39, 0.29) is 67.4 Å². The number of fused-ring (bicyclic) bond motifs is 1. The van der Waals surface area contributed by atoms with E-state index in [1.54, 1.807) is 30.1 Å². The first-order chi connectivity index (χ1) is 17.1. The normalized spacial score (nSPS) is 12.4. The topological polar surface area (TPSA) is 85.0 Å². The minimum atomic E-state index is -0.290. The number of nitrogens with one attached hydrogen (secondary N) is 2. The Kier molecular flexibility index (Phi) is 13.3. The first kappa shape index (κ1) is 33.5. The van der Waals surface area contributed by atoms with E-state index >= 15 is 0 Å². The summed E-state index contributed by atoms with van der Waals surface area (Å²) in [4.78, 5) is 39.6. The number of amides is 2. The van der Waals surface area contributed by atoms with Gasteiger partial charge < -0.3 is 10.2 Å². The number of halogens is 3. The second kappa shape index (κ2) is 15.1. The first-order valence-corrected chi connectivity index (χ1v) is 12.2. The van der Waals surface area contributed by atoms with Crippen LogP contribution in [0.25, 0.3) is 0 Å². The van der Waals surface area contributed by atoms with Gasteiger partial charge in [-0.1, -0.05) is 32.0 Å². The monoisotopic (exact) mass is 569 g/mol. The van der Waals surface area contributed by atoms with Crippen LogP contribution in [0.4, 0.5) is 10.1 Å². The number of nitrogens with zero attached hydrogens (tertiary/aromatic N) is 3. The van der Waals surface area contributed by atoms with Gasteiger partial charge in [0, 0.05) is 50.5 Å². The molecule has 11 heteroatoms. The maximum Gasteiger partial charge on any atom is 0.250 e. The molecule has 210 valence electrons. The zero-order chi connectivity index (χ0) is 26.4. The zero-order valence-electron chi connectivity index (χ0n) is 22.5. The van der Waals surface area contributed by atoms with Gasteiger partial charge in [-0.05, 0) is 48.7 Å². The Bertz CT molecular complexity index is 1130. The average Bonchev–Trinajstić information content (AvgIpc) is 3.24. The molecule has 1 heterocycles. The fourth-order valence-corrected chi connectivity index (χ4v) is 4.16. The molecule has 0 radical (unpaired) electrons. The van der Waals surface area contributed by atoms with Crippen LogP contribution in [0.3, 0.4) is 0 Å².